The van der Waals surface area contributed by atoms with Crippen molar-refractivity contribution in [1.29, 1.82) is 0 Å². The number of aliphatic hydroxyl groups is 2. The third-order valence-electron chi connectivity index (χ3n) is 2.02. The van der Waals surface area contributed by atoms with Crippen LogP contribution in [0.4, 0.5) is 0 Å². The molecule has 0 heterocycles. The Morgan fingerprint density at radius 3 is 1.74 bits per heavy atom. The minimum Gasteiger partial charge on any atom is -0.460 e. The summed E-state index contributed by atoms with van der Waals surface area (Å²) in [6.07, 6.45) is 0. The van der Waals surface area contributed by atoms with Crippen molar-refractivity contribution in [2.75, 3.05) is 26.4 Å². The van der Waals surface area contributed by atoms with Crippen molar-refractivity contribution >= 4 is 23.5 Å². The van der Waals surface area contributed by atoms with Gasteiger partial charge in [-0.05, 0) is 18.2 Å². The first-order valence-electron chi connectivity index (χ1n) is 5.45. The van der Waals surface area contributed by atoms with Crippen LogP contribution in [0.3, 0.4) is 0 Å². The van der Waals surface area contributed by atoms with E-state index in [0.717, 1.165) is 0 Å². The van der Waals surface area contributed by atoms with Gasteiger partial charge in [0, 0.05) is 5.02 Å². The van der Waals surface area contributed by atoms with Gasteiger partial charge in [0.15, 0.2) is 0 Å². The van der Waals surface area contributed by atoms with Gasteiger partial charge in [-0.1, -0.05) is 11.6 Å². The number of esters is 2. The molecule has 1 rings (SSSR count). The van der Waals surface area contributed by atoms with Crippen LogP contribution in [0.2, 0.25) is 5.02 Å². The maximum Gasteiger partial charge on any atom is 0.338 e. The van der Waals surface area contributed by atoms with Gasteiger partial charge in [-0.3, -0.25) is 0 Å². The second-order valence-corrected chi connectivity index (χ2v) is 3.88. The molecule has 0 aliphatic heterocycles. The predicted molar refractivity (Wildman–Crippen MR) is 66.2 cm³/mol. The van der Waals surface area contributed by atoms with Crippen LogP contribution in [0.25, 0.3) is 0 Å². The average Bonchev–Trinajstić information content (AvgIpc) is 2.41. The van der Waals surface area contributed by atoms with Gasteiger partial charge in [0.1, 0.15) is 13.2 Å². The Bertz CT molecular complexity index is 421. The predicted octanol–water partition coefficient (Wildman–Crippen LogP) is 0.638. The third kappa shape index (κ3) is 4.86. The lowest BCUT2D eigenvalue weighted by molar-refractivity contribution is 0.0430. The summed E-state index contributed by atoms with van der Waals surface area (Å²) >= 11 is 5.79. The zero-order valence-electron chi connectivity index (χ0n) is 9.97. The number of aliphatic hydroxyl groups excluding tert-OH is 2. The van der Waals surface area contributed by atoms with E-state index in [0.29, 0.717) is 0 Å². The second-order valence-electron chi connectivity index (χ2n) is 3.45. The summed E-state index contributed by atoms with van der Waals surface area (Å²) in [6, 6.07) is 3.94. The highest BCUT2D eigenvalue weighted by atomic mass is 35.5. The van der Waals surface area contributed by atoms with Gasteiger partial charge in [-0.25, -0.2) is 9.59 Å². The maximum atomic E-state index is 11.6. The van der Waals surface area contributed by atoms with Gasteiger partial charge in [-0.15, -0.1) is 0 Å². The summed E-state index contributed by atoms with van der Waals surface area (Å²) in [5, 5.41) is 17.3. The van der Waals surface area contributed by atoms with Crippen molar-refractivity contribution in [3.05, 3.63) is 34.3 Å². The zero-order chi connectivity index (χ0) is 14.3. The topological polar surface area (TPSA) is 93.1 Å². The Balaban J connectivity index is 2.87. The SMILES string of the molecule is O=C(OCCO)c1cc(Cl)cc(C(=O)OCCO)c1. The molecule has 0 amide bonds. The zero-order valence-corrected chi connectivity index (χ0v) is 10.7. The molecule has 0 radical (unpaired) electrons. The fourth-order valence-corrected chi connectivity index (χ4v) is 1.50. The molecular weight excluding hydrogens is 276 g/mol. The maximum absolute atomic E-state index is 11.6. The molecular formula is C12H13ClO6. The molecule has 0 saturated carbocycles. The van der Waals surface area contributed by atoms with E-state index in [9.17, 15) is 9.59 Å². The van der Waals surface area contributed by atoms with Crippen LogP contribution in [0.15, 0.2) is 18.2 Å². The van der Waals surface area contributed by atoms with Gasteiger partial charge >= 0.3 is 11.9 Å². The lowest BCUT2D eigenvalue weighted by Gasteiger charge is -2.07. The molecule has 0 aliphatic rings. The molecule has 0 aliphatic carbocycles. The van der Waals surface area contributed by atoms with E-state index >= 15 is 0 Å². The number of hydrogen-bond donors (Lipinski definition) is 2. The molecule has 0 unspecified atom stereocenters. The van der Waals surface area contributed by atoms with Crippen molar-refractivity contribution in [3.8, 4) is 0 Å². The van der Waals surface area contributed by atoms with Crippen LogP contribution in [0.1, 0.15) is 20.7 Å². The highest BCUT2D eigenvalue weighted by Gasteiger charge is 2.14. The van der Waals surface area contributed by atoms with Gasteiger partial charge in [-0.2, -0.15) is 0 Å². The quantitative estimate of drug-likeness (QED) is 0.746. The molecule has 6 nitrogen and oxygen atoms in total. The van der Waals surface area contributed by atoms with Gasteiger partial charge in [0.2, 0.25) is 0 Å². The Hall–Kier alpha value is -1.63. The van der Waals surface area contributed by atoms with Crippen LogP contribution in [-0.2, 0) is 9.47 Å². The first kappa shape index (κ1) is 15.4. The van der Waals surface area contributed by atoms with Crippen molar-refractivity contribution < 1.29 is 29.3 Å². The summed E-state index contributed by atoms with van der Waals surface area (Å²) in [5.74, 6) is -1.40. The normalized spacial score (nSPS) is 10.1. The highest BCUT2D eigenvalue weighted by molar-refractivity contribution is 6.31. The number of halogens is 1. The fraction of sp³-hybridized carbons (Fsp3) is 0.333. The molecule has 2 N–H and O–H groups in total. The summed E-state index contributed by atoms with van der Waals surface area (Å²) in [5.41, 5.74) is 0.161. The molecule has 19 heavy (non-hydrogen) atoms. The van der Waals surface area contributed by atoms with E-state index in [1.807, 2.05) is 0 Å². The molecule has 0 aromatic heterocycles. The van der Waals surface area contributed by atoms with Crippen molar-refractivity contribution in [2.45, 2.75) is 0 Å². The Morgan fingerprint density at radius 2 is 1.37 bits per heavy atom. The number of carbonyl (C=O) groups excluding carboxylic acids is 2. The molecule has 1 aromatic rings. The summed E-state index contributed by atoms with van der Waals surface area (Å²) in [7, 11) is 0. The van der Waals surface area contributed by atoms with E-state index in [2.05, 4.69) is 0 Å². The van der Waals surface area contributed by atoms with E-state index in [-0.39, 0.29) is 42.6 Å². The van der Waals surface area contributed by atoms with Crippen LogP contribution >= 0.6 is 11.6 Å². The summed E-state index contributed by atoms with van der Waals surface area (Å²) in [6.45, 7) is -0.874. The van der Waals surface area contributed by atoms with Crippen LogP contribution in [-0.4, -0.2) is 48.6 Å². The van der Waals surface area contributed by atoms with E-state index in [1.165, 1.54) is 18.2 Å². The summed E-state index contributed by atoms with van der Waals surface area (Å²) in [4.78, 5) is 23.1. The van der Waals surface area contributed by atoms with Gasteiger partial charge < -0.3 is 19.7 Å². The fourth-order valence-electron chi connectivity index (χ4n) is 1.27. The largest absolute Gasteiger partial charge is 0.460 e. The van der Waals surface area contributed by atoms with Crippen molar-refractivity contribution in [2.24, 2.45) is 0 Å². The first-order chi connectivity index (χ1) is 9.08. The van der Waals surface area contributed by atoms with Crippen molar-refractivity contribution in [3.63, 3.8) is 0 Å². The third-order valence-corrected chi connectivity index (χ3v) is 2.24. The smallest absolute Gasteiger partial charge is 0.338 e. The van der Waals surface area contributed by atoms with Crippen LogP contribution < -0.4 is 0 Å². The summed E-state index contributed by atoms with van der Waals surface area (Å²) < 4.78 is 9.42. The molecule has 0 fully saturated rings. The number of rotatable bonds is 6. The van der Waals surface area contributed by atoms with Gasteiger partial charge in [0.25, 0.3) is 0 Å². The average molecular weight is 289 g/mol. The Labute approximate surface area is 114 Å². The molecule has 0 spiro atoms. The number of ether oxygens (including phenoxy) is 2. The molecule has 0 atom stereocenters. The number of benzene rings is 1. The molecule has 1 aromatic carbocycles. The first-order valence-corrected chi connectivity index (χ1v) is 5.83. The van der Waals surface area contributed by atoms with Crippen molar-refractivity contribution in [1.82, 2.24) is 0 Å². The van der Waals surface area contributed by atoms with Crippen LogP contribution in [0, 0.1) is 0 Å². The van der Waals surface area contributed by atoms with Crippen LogP contribution in [0.5, 0.6) is 0 Å². The second kappa shape index (κ2) is 7.73. The number of hydrogen-bond acceptors (Lipinski definition) is 6. The number of carbonyl (C=O) groups is 2. The molecule has 0 saturated heterocycles. The Morgan fingerprint density at radius 1 is 0.947 bits per heavy atom. The lowest BCUT2D eigenvalue weighted by Crippen LogP contribution is -2.12. The molecule has 7 heteroatoms. The highest BCUT2D eigenvalue weighted by Crippen LogP contribution is 2.17. The molecule has 104 valence electrons. The Kier molecular flexibility index (Phi) is 6.27. The van der Waals surface area contributed by atoms with E-state index < -0.39 is 11.9 Å². The van der Waals surface area contributed by atoms with Gasteiger partial charge in [0.05, 0.1) is 24.3 Å². The standard InChI is InChI=1S/C12H13ClO6/c13-10-6-8(11(16)18-3-1-14)5-9(7-10)12(17)19-4-2-15/h5-7,14-15H,1-4H2. The van der Waals surface area contributed by atoms with E-state index in [1.54, 1.807) is 0 Å². The molecule has 0 bridgehead atoms. The minimum absolute atomic E-state index is 0.0805. The van der Waals surface area contributed by atoms with E-state index in [4.69, 9.17) is 31.3 Å². The minimum atomic E-state index is -0.701. The lowest BCUT2D eigenvalue weighted by atomic mass is 10.1. The monoisotopic (exact) mass is 288 g/mol.